The summed E-state index contributed by atoms with van der Waals surface area (Å²) in [6, 6.07) is 18.2. The molecule has 0 atom stereocenters. The third kappa shape index (κ3) is 9.88. The molecule has 10 nitrogen and oxygen atoms in total. The summed E-state index contributed by atoms with van der Waals surface area (Å²) in [5.74, 6) is 0.230. The van der Waals surface area contributed by atoms with Gasteiger partial charge in [0.25, 0.3) is 0 Å². The van der Waals surface area contributed by atoms with Crippen molar-refractivity contribution in [3.63, 3.8) is 0 Å². The molecule has 1 aliphatic rings. The fourth-order valence-corrected chi connectivity index (χ4v) is 5.76. The number of methoxy groups -OCH3 is 1. The number of hydrogen-bond donors (Lipinski definition) is 3. The maximum absolute atomic E-state index is 13.5. The number of alkyl carbamates (subject to hydrolysis) is 1. The van der Waals surface area contributed by atoms with E-state index >= 15 is 0 Å². The fourth-order valence-electron chi connectivity index (χ4n) is 5.76. The van der Waals surface area contributed by atoms with Crippen LogP contribution in [0.2, 0.25) is 0 Å². The Labute approximate surface area is 278 Å². The van der Waals surface area contributed by atoms with Gasteiger partial charge in [-0.15, -0.1) is 0 Å². The van der Waals surface area contributed by atoms with E-state index in [1.54, 1.807) is 7.11 Å². The lowest BCUT2D eigenvalue weighted by molar-refractivity contribution is -0.133. The van der Waals surface area contributed by atoms with E-state index in [2.05, 4.69) is 16.0 Å². The maximum atomic E-state index is 13.5. The van der Waals surface area contributed by atoms with Crippen molar-refractivity contribution in [2.45, 2.75) is 77.2 Å². The summed E-state index contributed by atoms with van der Waals surface area (Å²) in [6.45, 7) is 5.79. The van der Waals surface area contributed by atoms with Crippen LogP contribution in [0.4, 0.5) is 26.7 Å². The van der Waals surface area contributed by atoms with Crippen LogP contribution in [0.1, 0.15) is 81.9 Å². The minimum atomic E-state index is -0.724. The van der Waals surface area contributed by atoms with Crippen molar-refractivity contribution >= 4 is 35.2 Å². The first-order valence-corrected chi connectivity index (χ1v) is 16.2. The molecule has 3 N–H and O–H groups in total. The number of esters is 1. The number of nitrogens with one attached hydrogen (secondary N) is 3. The summed E-state index contributed by atoms with van der Waals surface area (Å²) < 4.78 is 17.3. The average Bonchev–Trinajstić information content (AvgIpc) is 3.32. The molecule has 0 aliphatic heterocycles. The number of carbonyl (C=O) groups is 3. The van der Waals surface area contributed by atoms with Gasteiger partial charge in [0, 0.05) is 36.6 Å². The number of ether oxygens (including phenoxy) is 3. The lowest BCUT2D eigenvalue weighted by Gasteiger charge is -2.30. The SMILES string of the molecule is COc1cc(C(C)(C)C)c(OC(=O)CNC(=O)OCc2ccccc2)c(C2CCCCCC2)c1NC(=O)Nc1ccc(N(C)C)cc1. The summed E-state index contributed by atoms with van der Waals surface area (Å²) in [5.41, 5.74) is 3.99. The van der Waals surface area contributed by atoms with E-state index in [0.717, 1.165) is 60.9 Å². The minimum Gasteiger partial charge on any atom is -0.495 e. The Bertz CT molecular complexity index is 1510. The molecule has 0 aromatic heterocycles. The quantitative estimate of drug-likeness (QED) is 0.116. The first-order chi connectivity index (χ1) is 22.5. The van der Waals surface area contributed by atoms with E-state index in [1.807, 2.05) is 100 Å². The molecule has 1 fully saturated rings. The van der Waals surface area contributed by atoms with E-state index < -0.39 is 23.5 Å². The number of benzene rings is 3. The Morgan fingerprint density at radius 2 is 1.55 bits per heavy atom. The van der Waals surface area contributed by atoms with Crippen LogP contribution < -0.4 is 30.3 Å². The van der Waals surface area contributed by atoms with Gasteiger partial charge in [0.15, 0.2) is 0 Å². The third-order valence-corrected chi connectivity index (χ3v) is 8.26. The Kier molecular flexibility index (Phi) is 12.1. The second-order valence-corrected chi connectivity index (χ2v) is 13.1. The van der Waals surface area contributed by atoms with Crippen molar-refractivity contribution in [1.29, 1.82) is 0 Å². The number of nitrogens with zero attached hydrogens (tertiary/aromatic N) is 1. The van der Waals surface area contributed by atoms with Gasteiger partial charge >= 0.3 is 18.1 Å². The topological polar surface area (TPSA) is 118 Å². The van der Waals surface area contributed by atoms with Gasteiger partial charge in [-0.2, -0.15) is 0 Å². The van der Waals surface area contributed by atoms with Crippen molar-refractivity contribution in [1.82, 2.24) is 5.32 Å². The fraction of sp³-hybridized carbons (Fsp3) is 0.432. The smallest absolute Gasteiger partial charge is 0.407 e. The zero-order valence-electron chi connectivity index (χ0n) is 28.4. The number of hydrogen-bond acceptors (Lipinski definition) is 7. The molecule has 1 saturated carbocycles. The van der Waals surface area contributed by atoms with Crippen LogP contribution >= 0.6 is 0 Å². The van der Waals surface area contributed by atoms with Crippen molar-refractivity contribution < 1.29 is 28.6 Å². The molecule has 3 aromatic rings. The Hall–Kier alpha value is -4.73. The molecule has 47 heavy (non-hydrogen) atoms. The highest BCUT2D eigenvalue weighted by Gasteiger charge is 2.33. The van der Waals surface area contributed by atoms with Crippen molar-refractivity contribution in [3.8, 4) is 11.5 Å². The third-order valence-electron chi connectivity index (χ3n) is 8.26. The Morgan fingerprint density at radius 3 is 2.15 bits per heavy atom. The van der Waals surface area contributed by atoms with Crippen molar-refractivity contribution in [2.75, 3.05) is 43.3 Å². The van der Waals surface area contributed by atoms with Crippen molar-refractivity contribution in [2.24, 2.45) is 0 Å². The van der Waals surface area contributed by atoms with Gasteiger partial charge in [-0.05, 0) is 60.1 Å². The van der Waals surface area contributed by atoms with Crippen LogP contribution in [-0.2, 0) is 21.6 Å². The van der Waals surface area contributed by atoms with Gasteiger partial charge in [-0.1, -0.05) is 76.8 Å². The van der Waals surface area contributed by atoms with Gasteiger partial charge in [-0.25, -0.2) is 14.4 Å². The second-order valence-electron chi connectivity index (χ2n) is 13.1. The summed E-state index contributed by atoms with van der Waals surface area (Å²) in [5, 5.41) is 8.47. The molecule has 3 amide bonds. The van der Waals surface area contributed by atoms with Gasteiger partial charge in [0.05, 0.1) is 12.8 Å². The summed E-state index contributed by atoms with van der Waals surface area (Å²) >= 11 is 0. The maximum Gasteiger partial charge on any atom is 0.407 e. The Morgan fingerprint density at radius 1 is 0.894 bits per heavy atom. The molecule has 3 aromatic carbocycles. The van der Waals surface area contributed by atoms with E-state index in [1.165, 1.54) is 0 Å². The average molecular weight is 645 g/mol. The number of amides is 3. The van der Waals surface area contributed by atoms with E-state index in [4.69, 9.17) is 14.2 Å². The molecule has 1 aliphatic carbocycles. The summed E-state index contributed by atoms with van der Waals surface area (Å²) in [6.07, 6.45) is 5.27. The predicted octanol–water partition coefficient (Wildman–Crippen LogP) is 7.97. The molecule has 0 radical (unpaired) electrons. The van der Waals surface area contributed by atoms with Gasteiger partial charge in [0.1, 0.15) is 24.7 Å². The lowest BCUT2D eigenvalue weighted by Crippen LogP contribution is -2.33. The lowest BCUT2D eigenvalue weighted by atomic mass is 9.80. The molecule has 0 bridgehead atoms. The van der Waals surface area contributed by atoms with Crippen LogP contribution in [0, 0.1) is 0 Å². The van der Waals surface area contributed by atoms with Gasteiger partial charge in [-0.3, -0.25) is 0 Å². The highest BCUT2D eigenvalue weighted by molar-refractivity contribution is 6.02. The first-order valence-electron chi connectivity index (χ1n) is 16.2. The molecule has 252 valence electrons. The molecule has 0 saturated heterocycles. The Balaban J connectivity index is 1.64. The zero-order chi connectivity index (χ0) is 34.0. The van der Waals surface area contributed by atoms with Crippen LogP contribution in [0.3, 0.4) is 0 Å². The summed E-state index contributed by atoms with van der Waals surface area (Å²) in [4.78, 5) is 41.2. The van der Waals surface area contributed by atoms with Crippen LogP contribution in [0.5, 0.6) is 11.5 Å². The van der Waals surface area contributed by atoms with Crippen LogP contribution in [-0.4, -0.2) is 45.8 Å². The molecular weight excluding hydrogens is 596 g/mol. The van der Waals surface area contributed by atoms with Gasteiger partial charge in [0.2, 0.25) is 0 Å². The monoisotopic (exact) mass is 644 g/mol. The number of rotatable bonds is 10. The number of urea groups is 1. The standard InChI is InChI=1S/C37H48N4O6/c1-37(2,3)29-22-30(45-6)33(40-35(43)39-27-18-20-28(21-19-27)41(4)5)32(26-16-12-7-8-13-17-26)34(29)47-31(42)23-38-36(44)46-24-25-14-10-9-11-15-25/h9-11,14-15,18-22,26H,7-8,12-13,16-17,23-24H2,1-6H3,(H,38,44)(H2,39,40,43). The van der Waals surface area contributed by atoms with Crippen LogP contribution in [0.25, 0.3) is 0 Å². The van der Waals surface area contributed by atoms with E-state index in [0.29, 0.717) is 22.9 Å². The minimum absolute atomic E-state index is 0.00923. The van der Waals surface area contributed by atoms with E-state index in [9.17, 15) is 14.4 Å². The molecule has 10 heteroatoms. The van der Waals surface area contributed by atoms with Gasteiger partial charge < -0.3 is 35.1 Å². The first kappa shape index (κ1) is 35.1. The number of carbonyl (C=O) groups excluding carboxylic acids is 3. The van der Waals surface area contributed by atoms with Crippen molar-refractivity contribution in [3.05, 3.63) is 77.4 Å². The predicted molar refractivity (Wildman–Crippen MR) is 186 cm³/mol. The molecular formula is C37H48N4O6. The zero-order valence-corrected chi connectivity index (χ0v) is 28.4. The normalized spacial score (nSPS) is 13.6. The molecule has 0 spiro atoms. The van der Waals surface area contributed by atoms with Crippen LogP contribution in [0.15, 0.2) is 60.7 Å². The molecule has 4 rings (SSSR count). The summed E-state index contributed by atoms with van der Waals surface area (Å²) in [7, 11) is 5.48. The molecule has 0 heterocycles. The molecule has 0 unspecified atom stereocenters. The van der Waals surface area contributed by atoms with E-state index in [-0.39, 0.29) is 19.1 Å². The largest absolute Gasteiger partial charge is 0.495 e. The highest BCUT2D eigenvalue weighted by Crippen LogP contribution is 2.50. The number of anilines is 3. The second kappa shape index (κ2) is 16.2. The highest BCUT2D eigenvalue weighted by atomic mass is 16.6.